The van der Waals surface area contributed by atoms with Crippen LogP contribution in [0.3, 0.4) is 0 Å². The third kappa shape index (κ3) is 3.16. The summed E-state index contributed by atoms with van der Waals surface area (Å²) in [5, 5.41) is 0. The predicted molar refractivity (Wildman–Crippen MR) is 103 cm³/mol. The molecule has 0 aliphatic rings. The molecule has 2 aromatic heterocycles. The minimum absolute atomic E-state index is 0.0790. The van der Waals surface area contributed by atoms with Gasteiger partial charge in [0.15, 0.2) is 9.84 Å². The molecule has 1 aromatic carbocycles. The number of aromatic nitrogens is 2. The molecule has 0 aliphatic carbocycles. The second-order valence-corrected chi connectivity index (χ2v) is 9.81. The van der Waals surface area contributed by atoms with E-state index in [1.807, 2.05) is 0 Å². The Morgan fingerprint density at radius 2 is 1.93 bits per heavy atom. The number of ether oxygens (including phenoxy) is 1. The topological polar surface area (TPSA) is 104 Å². The van der Waals surface area contributed by atoms with Crippen molar-refractivity contribution in [1.82, 2.24) is 9.38 Å². The van der Waals surface area contributed by atoms with Gasteiger partial charge >= 0.3 is 0 Å². The molecular formula is C19H21N3O4S. The number of methoxy groups -OCH3 is 1. The molecule has 1 amide bonds. The summed E-state index contributed by atoms with van der Waals surface area (Å²) in [4.78, 5) is 15.9. The number of nitrogens with two attached hydrogens (primary N) is 1. The Morgan fingerprint density at radius 1 is 1.22 bits per heavy atom. The molecule has 0 aliphatic heterocycles. The number of sulfone groups is 1. The molecule has 0 atom stereocenters. The number of imidazole rings is 1. The number of carbonyl (C=O) groups excluding carboxylic acids is 1. The van der Waals surface area contributed by atoms with E-state index < -0.39 is 20.5 Å². The van der Waals surface area contributed by atoms with Gasteiger partial charge in [-0.15, -0.1) is 0 Å². The first-order chi connectivity index (χ1) is 12.6. The number of benzene rings is 1. The van der Waals surface area contributed by atoms with E-state index in [0.29, 0.717) is 22.5 Å². The van der Waals surface area contributed by atoms with Crippen LogP contribution in [0.2, 0.25) is 0 Å². The van der Waals surface area contributed by atoms with Gasteiger partial charge in [0.2, 0.25) is 5.91 Å². The van der Waals surface area contributed by atoms with E-state index in [4.69, 9.17) is 10.5 Å². The van der Waals surface area contributed by atoms with Crippen molar-refractivity contribution in [2.75, 3.05) is 7.11 Å². The molecule has 2 heterocycles. The second-order valence-electron chi connectivity index (χ2n) is 7.14. The number of rotatable bonds is 4. The lowest BCUT2D eigenvalue weighted by atomic mass is 10.1. The van der Waals surface area contributed by atoms with E-state index >= 15 is 0 Å². The number of primary amides is 1. The zero-order valence-electron chi connectivity index (χ0n) is 15.6. The predicted octanol–water partition coefficient (Wildman–Crippen LogP) is 2.68. The van der Waals surface area contributed by atoms with Gasteiger partial charge in [-0.2, -0.15) is 0 Å². The molecule has 0 radical (unpaired) electrons. The molecule has 0 saturated heterocycles. The van der Waals surface area contributed by atoms with Crippen molar-refractivity contribution in [3.8, 4) is 17.0 Å². The van der Waals surface area contributed by atoms with Crippen LogP contribution in [0, 0.1) is 0 Å². The van der Waals surface area contributed by atoms with Crippen molar-refractivity contribution >= 4 is 21.4 Å². The van der Waals surface area contributed by atoms with Crippen LogP contribution in [0.1, 0.15) is 31.1 Å². The third-order valence-electron chi connectivity index (χ3n) is 4.33. The fraction of sp³-hybridized carbons (Fsp3) is 0.263. The summed E-state index contributed by atoms with van der Waals surface area (Å²) in [6, 6.07) is 8.37. The Hall–Kier alpha value is -2.87. The van der Waals surface area contributed by atoms with E-state index in [9.17, 15) is 13.2 Å². The van der Waals surface area contributed by atoms with Crippen LogP contribution in [0.15, 0.2) is 47.6 Å². The number of hydrogen-bond donors (Lipinski definition) is 1. The summed E-state index contributed by atoms with van der Waals surface area (Å²) in [6.45, 7) is 4.91. The standard InChI is InChI=1S/C19H21N3O4S/c1-19(2,3)27(24,25)16-11-22-14(10-21-17(22)9-15(16)26-4)12-6-5-7-13(8-12)18(20)23/h5-11H,1-4H3,(H2,20,23). The Kier molecular flexibility index (Phi) is 4.47. The van der Waals surface area contributed by atoms with Crippen LogP contribution >= 0.6 is 0 Å². The lowest BCUT2D eigenvalue weighted by molar-refractivity contribution is 0.100. The molecule has 3 aromatic rings. The van der Waals surface area contributed by atoms with Gasteiger partial charge in [-0.1, -0.05) is 12.1 Å². The molecule has 0 unspecified atom stereocenters. The van der Waals surface area contributed by atoms with Crippen LogP contribution in [0.25, 0.3) is 16.9 Å². The average Bonchev–Trinajstić information content (AvgIpc) is 3.02. The van der Waals surface area contributed by atoms with Crippen LogP contribution in [0.5, 0.6) is 5.75 Å². The second kappa shape index (κ2) is 6.38. The monoisotopic (exact) mass is 387 g/mol. The molecule has 2 N–H and O–H groups in total. The van der Waals surface area contributed by atoms with Gasteiger partial charge < -0.3 is 10.5 Å². The highest BCUT2D eigenvalue weighted by atomic mass is 32.2. The van der Waals surface area contributed by atoms with Gasteiger partial charge in [-0.05, 0) is 32.9 Å². The highest BCUT2D eigenvalue weighted by Crippen LogP contribution is 2.34. The molecule has 142 valence electrons. The van der Waals surface area contributed by atoms with Crippen molar-refractivity contribution < 1.29 is 17.9 Å². The Labute approximate surface area is 157 Å². The van der Waals surface area contributed by atoms with Crippen molar-refractivity contribution in [2.45, 2.75) is 30.4 Å². The first-order valence-electron chi connectivity index (χ1n) is 8.26. The van der Waals surface area contributed by atoms with Gasteiger partial charge in [0.1, 0.15) is 16.3 Å². The van der Waals surface area contributed by atoms with Crippen LogP contribution in [-0.4, -0.2) is 35.6 Å². The molecule has 8 heteroatoms. The fourth-order valence-electron chi connectivity index (χ4n) is 2.72. The largest absolute Gasteiger partial charge is 0.495 e. The number of nitrogens with zero attached hydrogens (tertiary/aromatic N) is 2. The zero-order valence-corrected chi connectivity index (χ0v) is 16.4. The van der Waals surface area contributed by atoms with Crippen LogP contribution < -0.4 is 10.5 Å². The molecule has 0 saturated carbocycles. The highest BCUT2D eigenvalue weighted by Gasteiger charge is 2.34. The number of pyridine rings is 1. The third-order valence-corrected chi connectivity index (χ3v) is 6.83. The van der Waals surface area contributed by atoms with Gasteiger partial charge in [0.05, 0.1) is 23.7 Å². The zero-order chi connectivity index (χ0) is 20.0. The van der Waals surface area contributed by atoms with Crippen LogP contribution in [-0.2, 0) is 9.84 Å². The number of carbonyl (C=O) groups is 1. The molecule has 3 rings (SSSR count). The Morgan fingerprint density at radius 3 is 2.52 bits per heavy atom. The quantitative estimate of drug-likeness (QED) is 0.741. The van der Waals surface area contributed by atoms with Crippen molar-refractivity contribution in [1.29, 1.82) is 0 Å². The summed E-state index contributed by atoms with van der Waals surface area (Å²) in [5.41, 5.74) is 7.58. The lowest BCUT2D eigenvalue weighted by Gasteiger charge is -2.21. The molecule has 0 fully saturated rings. The minimum atomic E-state index is -3.66. The maximum Gasteiger partial charge on any atom is 0.248 e. The molecule has 27 heavy (non-hydrogen) atoms. The molecule has 0 bridgehead atoms. The average molecular weight is 387 g/mol. The van der Waals surface area contributed by atoms with E-state index in [2.05, 4.69) is 4.98 Å². The highest BCUT2D eigenvalue weighted by molar-refractivity contribution is 7.92. The first-order valence-corrected chi connectivity index (χ1v) is 9.74. The molecular weight excluding hydrogens is 366 g/mol. The smallest absolute Gasteiger partial charge is 0.248 e. The number of amides is 1. The fourth-order valence-corrected chi connectivity index (χ4v) is 4.03. The van der Waals surface area contributed by atoms with Crippen molar-refractivity contribution in [3.63, 3.8) is 0 Å². The maximum atomic E-state index is 13.0. The van der Waals surface area contributed by atoms with Crippen molar-refractivity contribution in [3.05, 3.63) is 48.3 Å². The summed E-state index contributed by atoms with van der Waals surface area (Å²) < 4.78 is 32.0. The normalized spacial score (nSPS) is 12.3. The minimum Gasteiger partial charge on any atom is -0.495 e. The SMILES string of the molecule is COc1cc2ncc(-c3cccc(C(N)=O)c3)n2cc1S(=O)(=O)C(C)(C)C. The maximum absolute atomic E-state index is 13.0. The van der Waals surface area contributed by atoms with E-state index in [1.54, 1.807) is 61.7 Å². The van der Waals surface area contributed by atoms with E-state index in [0.717, 1.165) is 0 Å². The number of fused-ring (bicyclic) bond motifs is 1. The first kappa shape index (κ1) is 18.9. The van der Waals surface area contributed by atoms with E-state index in [-0.39, 0.29) is 10.6 Å². The summed E-state index contributed by atoms with van der Waals surface area (Å²) in [6.07, 6.45) is 3.12. The number of hydrogen-bond acceptors (Lipinski definition) is 5. The summed E-state index contributed by atoms with van der Waals surface area (Å²) in [5.74, 6) is -0.302. The summed E-state index contributed by atoms with van der Waals surface area (Å²) >= 11 is 0. The van der Waals surface area contributed by atoms with Gasteiger partial charge in [0, 0.05) is 23.4 Å². The molecule has 7 nitrogen and oxygen atoms in total. The van der Waals surface area contributed by atoms with Gasteiger partial charge in [-0.25, -0.2) is 13.4 Å². The Bertz CT molecular complexity index is 1140. The Balaban J connectivity index is 2.29. The van der Waals surface area contributed by atoms with Gasteiger partial charge in [0.25, 0.3) is 0 Å². The molecule has 0 spiro atoms. The van der Waals surface area contributed by atoms with E-state index in [1.165, 1.54) is 13.3 Å². The van der Waals surface area contributed by atoms with Crippen molar-refractivity contribution in [2.24, 2.45) is 5.73 Å². The lowest BCUT2D eigenvalue weighted by Crippen LogP contribution is -2.28. The summed E-state index contributed by atoms with van der Waals surface area (Å²) in [7, 11) is -2.23. The van der Waals surface area contributed by atoms with Crippen LogP contribution in [0.4, 0.5) is 0 Å². The van der Waals surface area contributed by atoms with Gasteiger partial charge in [-0.3, -0.25) is 9.20 Å².